The third kappa shape index (κ3) is 5.35. The molecule has 0 radical (unpaired) electrons. The van der Waals surface area contributed by atoms with E-state index in [1.54, 1.807) is 17.8 Å². The van der Waals surface area contributed by atoms with Gasteiger partial charge in [0.2, 0.25) is 0 Å². The molecule has 0 fully saturated rings. The summed E-state index contributed by atoms with van der Waals surface area (Å²) in [7, 11) is 1.33. The molecule has 2 aromatic carbocycles. The van der Waals surface area contributed by atoms with Crippen molar-refractivity contribution >= 4 is 39.6 Å². The van der Waals surface area contributed by atoms with Crippen LogP contribution in [0.1, 0.15) is 22.3 Å². The van der Waals surface area contributed by atoms with Crippen LogP contribution in [0, 0.1) is 0 Å². The predicted molar refractivity (Wildman–Crippen MR) is 111 cm³/mol. The highest BCUT2D eigenvalue weighted by atomic mass is 79.9. The number of hydrogen-bond acceptors (Lipinski definition) is 4. The molecular formula is C20H22BrNO3S. The van der Waals surface area contributed by atoms with Crippen LogP contribution in [-0.2, 0) is 14.9 Å². The summed E-state index contributed by atoms with van der Waals surface area (Å²) in [4.78, 5) is 24.9. The van der Waals surface area contributed by atoms with E-state index < -0.39 is 12.0 Å². The average molecular weight is 436 g/mol. The number of methoxy groups -OCH3 is 1. The van der Waals surface area contributed by atoms with Gasteiger partial charge in [0.05, 0.1) is 7.11 Å². The largest absolute Gasteiger partial charge is 0.467 e. The summed E-state index contributed by atoms with van der Waals surface area (Å²) < 4.78 is 4.83. The smallest absolute Gasteiger partial charge is 0.328 e. The molecule has 6 heteroatoms. The first-order valence-corrected chi connectivity index (χ1v) is 10.7. The molecule has 0 bridgehead atoms. The van der Waals surface area contributed by atoms with Crippen LogP contribution in [0.4, 0.5) is 0 Å². The molecule has 2 aromatic rings. The number of ether oxygens (including phenoxy) is 1. The van der Waals surface area contributed by atoms with Crippen LogP contribution < -0.4 is 5.32 Å². The fourth-order valence-electron chi connectivity index (χ4n) is 2.59. The summed E-state index contributed by atoms with van der Waals surface area (Å²) in [6.45, 7) is 0. The van der Waals surface area contributed by atoms with Gasteiger partial charge in [-0.3, -0.25) is 4.79 Å². The normalized spacial score (nSPS) is 11.7. The van der Waals surface area contributed by atoms with Crippen molar-refractivity contribution in [3.8, 4) is 11.1 Å². The summed E-state index contributed by atoms with van der Waals surface area (Å²) in [5, 5.41) is 3.53. The van der Waals surface area contributed by atoms with E-state index in [4.69, 9.17) is 4.74 Å². The van der Waals surface area contributed by atoms with E-state index in [9.17, 15) is 9.59 Å². The van der Waals surface area contributed by atoms with Crippen LogP contribution in [0.2, 0.25) is 0 Å². The second kappa shape index (κ2) is 10.4. The number of amides is 1. The Bertz CT molecular complexity index is 752. The van der Waals surface area contributed by atoms with Crippen LogP contribution in [0.3, 0.4) is 0 Å². The summed E-state index contributed by atoms with van der Waals surface area (Å²) in [6, 6.07) is 14.8. The molecule has 0 aliphatic heterocycles. The van der Waals surface area contributed by atoms with Gasteiger partial charge in [-0.2, -0.15) is 11.8 Å². The van der Waals surface area contributed by atoms with Gasteiger partial charge >= 0.3 is 5.97 Å². The first kappa shape index (κ1) is 20.5. The van der Waals surface area contributed by atoms with Gasteiger partial charge in [0.15, 0.2) is 0 Å². The van der Waals surface area contributed by atoms with Gasteiger partial charge in [-0.25, -0.2) is 4.79 Å². The maximum absolute atomic E-state index is 12.9. The monoisotopic (exact) mass is 435 g/mol. The molecule has 26 heavy (non-hydrogen) atoms. The minimum Gasteiger partial charge on any atom is -0.467 e. The van der Waals surface area contributed by atoms with Crippen molar-refractivity contribution in [3.63, 3.8) is 0 Å². The molecule has 0 saturated heterocycles. The Balaban J connectivity index is 2.34. The SMILES string of the molecule is COC(=O)[C@H](CCSC)NC(=O)c1ccc(CBr)cc1-c1ccccc1. The van der Waals surface area contributed by atoms with Crippen LogP contribution in [0.25, 0.3) is 11.1 Å². The average Bonchev–Trinajstić information content (AvgIpc) is 2.70. The van der Waals surface area contributed by atoms with Crippen LogP contribution in [0.15, 0.2) is 48.5 Å². The fourth-order valence-corrected chi connectivity index (χ4v) is 3.41. The Hall–Kier alpha value is -1.79. The van der Waals surface area contributed by atoms with E-state index in [-0.39, 0.29) is 5.91 Å². The van der Waals surface area contributed by atoms with Crippen LogP contribution in [-0.4, -0.2) is 37.0 Å². The number of carbonyl (C=O) groups excluding carboxylic acids is 2. The lowest BCUT2D eigenvalue weighted by molar-refractivity contribution is -0.142. The van der Waals surface area contributed by atoms with Crippen molar-refractivity contribution in [2.45, 2.75) is 17.8 Å². The highest BCUT2D eigenvalue weighted by Gasteiger charge is 2.23. The zero-order valence-corrected chi connectivity index (χ0v) is 17.2. The zero-order chi connectivity index (χ0) is 18.9. The molecule has 138 valence electrons. The van der Waals surface area contributed by atoms with Crippen LogP contribution in [0.5, 0.6) is 0 Å². The Labute approximate surface area is 166 Å². The first-order valence-electron chi connectivity index (χ1n) is 8.22. The van der Waals surface area contributed by atoms with Crippen LogP contribution >= 0.6 is 27.7 Å². The third-order valence-electron chi connectivity index (χ3n) is 3.97. The lowest BCUT2D eigenvalue weighted by Gasteiger charge is -2.18. The van der Waals surface area contributed by atoms with E-state index >= 15 is 0 Å². The quantitative estimate of drug-likeness (QED) is 0.496. The van der Waals surface area contributed by atoms with Gasteiger partial charge in [0, 0.05) is 10.9 Å². The maximum Gasteiger partial charge on any atom is 0.328 e. The molecule has 0 aliphatic carbocycles. The Morgan fingerprint density at radius 2 is 1.92 bits per heavy atom. The maximum atomic E-state index is 12.9. The highest BCUT2D eigenvalue weighted by Crippen LogP contribution is 2.26. The standard InChI is InChI=1S/C20H22BrNO3S/c1-25-20(24)18(10-11-26-2)22-19(23)16-9-8-14(13-21)12-17(16)15-6-4-3-5-7-15/h3-9,12,18H,10-11,13H2,1-2H3,(H,22,23)/t18-/m0/s1. The molecule has 1 N–H and O–H groups in total. The van der Waals surface area contributed by atoms with E-state index in [1.807, 2.05) is 48.7 Å². The van der Waals surface area contributed by atoms with Gasteiger partial charge in [0.1, 0.15) is 6.04 Å². The van der Waals surface area contributed by atoms with Crippen molar-refractivity contribution in [2.75, 3.05) is 19.1 Å². The highest BCUT2D eigenvalue weighted by molar-refractivity contribution is 9.08. The van der Waals surface area contributed by atoms with Crippen molar-refractivity contribution in [1.29, 1.82) is 0 Å². The summed E-state index contributed by atoms with van der Waals surface area (Å²) in [5.41, 5.74) is 3.42. The summed E-state index contributed by atoms with van der Waals surface area (Å²) in [5.74, 6) is 0.0564. The van der Waals surface area contributed by atoms with E-state index in [2.05, 4.69) is 21.2 Å². The van der Waals surface area contributed by atoms with Gasteiger partial charge in [-0.15, -0.1) is 0 Å². The number of esters is 1. The topological polar surface area (TPSA) is 55.4 Å². The molecule has 1 amide bonds. The van der Waals surface area contributed by atoms with Gasteiger partial charge in [-0.1, -0.05) is 52.3 Å². The number of halogens is 1. The molecule has 0 unspecified atom stereocenters. The second-order valence-electron chi connectivity index (χ2n) is 5.71. The van der Waals surface area contributed by atoms with E-state index in [0.29, 0.717) is 17.3 Å². The van der Waals surface area contributed by atoms with E-state index in [0.717, 1.165) is 22.4 Å². The van der Waals surface area contributed by atoms with Gasteiger partial charge in [0.25, 0.3) is 5.91 Å². The number of thioether (sulfide) groups is 1. The molecular weight excluding hydrogens is 414 g/mol. The Kier molecular flexibility index (Phi) is 8.19. The van der Waals surface area contributed by atoms with Gasteiger partial charge < -0.3 is 10.1 Å². The number of benzene rings is 2. The molecule has 0 aromatic heterocycles. The fraction of sp³-hybridized carbons (Fsp3) is 0.300. The molecule has 0 spiro atoms. The number of carbonyl (C=O) groups is 2. The van der Waals surface area contributed by atoms with E-state index in [1.165, 1.54) is 7.11 Å². The van der Waals surface area contributed by atoms with Crippen molar-refractivity contribution in [1.82, 2.24) is 5.32 Å². The minimum absolute atomic E-state index is 0.276. The second-order valence-corrected chi connectivity index (χ2v) is 7.26. The van der Waals surface area contributed by atoms with Crippen molar-refractivity contribution < 1.29 is 14.3 Å². The Morgan fingerprint density at radius 1 is 1.19 bits per heavy atom. The third-order valence-corrected chi connectivity index (χ3v) is 5.26. The molecule has 0 saturated carbocycles. The number of hydrogen-bond donors (Lipinski definition) is 1. The molecule has 0 heterocycles. The minimum atomic E-state index is -0.653. The molecule has 4 nitrogen and oxygen atoms in total. The molecule has 1 atom stereocenters. The lowest BCUT2D eigenvalue weighted by Crippen LogP contribution is -2.42. The molecule has 0 aliphatic rings. The van der Waals surface area contributed by atoms with Crippen molar-refractivity contribution in [2.24, 2.45) is 0 Å². The number of rotatable bonds is 8. The first-order chi connectivity index (χ1) is 12.6. The Morgan fingerprint density at radius 3 is 2.54 bits per heavy atom. The summed E-state index contributed by atoms with van der Waals surface area (Å²) >= 11 is 5.08. The van der Waals surface area contributed by atoms with Gasteiger partial charge in [-0.05, 0) is 47.3 Å². The predicted octanol–water partition coefficient (Wildman–Crippen LogP) is 4.27. The molecule has 2 rings (SSSR count). The number of nitrogens with one attached hydrogen (secondary N) is 1. The zero-order valence-electron chi connectivity index (χ0n) is 14.8. The van der Waals surface area contributed by atoms with Crippen molar-refractivity contribution in [3.05, 3.63) is 59.7 Å². The lowest BCUT2D eigenvalue weighted by atomic mass is 9.97. The number of alkyl halides is 1. The summed E-state index contributed by atoms with van der Waals surface area (Å²) in [6.07, 6.45) is 2.49.